The molecule has 0 aromatic heterocycles. The highest BCUT2D eigenvalue weighted by atomic mass is 16.5. The van der Waals surface area contributed by atoms with Gasteiger partial charge in [0.1, 0.15) is 0 Å². The molecule has 0 aliphatic carbocycles. The van der Waals surface area contributed by atoms with Gasteiger partial charge in [0.2, 0.25) is 0 Å². The van der Waals surface area contributed by atoms with Crippen LogP contribution in [0.15, 0.2) is 30.4 Å². The van der Waals surface area contributed by atoms with Crippen molar-refractivity contribution in [2.24, 2.45) is 11.5 Å². The lowest BCUT2D eigenvalue weighted by Crippen LogP contribution is -2.48. The molecule has 25 heavy (non-hydrogen) atoms. The summed E-state index contributed by atoms with van der Waals surface area (Å²) in [6, 6.07) is 5.06. The molecule has 8 nitrogen and oxygen atoms in total. The summed E-state index contributed by atoms with van der Waals surface area (Å²) in [5, 5.41) is 21.6. The molecule has 7 N–H and O–H groups in total. The van der Waals surface area contributed by atoms with Crippen LogP contribution in [-0.2, 0) is 22.5 Å². The minimum Gasteiger partial charge on any atom is -0.481 e. The first-order valence-corrected chi connectivity index (χ1v) is 7.99. The third-order valence-corrected chi connectivity index (χ3v) is 4.00. The van der Waals surface area contributed by atoms with E-state index in [0.717, 1.165) is 11.1 Å². The SMILES string of the molecule is NCc1ccc(C(=O)N[C@H]2CC=C[C@H](CC(=O)O)OB2O)cc1CN. The van der Waals surface area contributed by atoms with Gasteiger partial charge in [-0.05, 0) is 29.7 Å². The lowest BCUT2D eigenvalue weighted by atomic mass is 9.77. The Hall–Kier alpha value is -2.20. The molecule has 2 rings (SSSR count). The van der Waals surface area contributed by atoms with E-state index >= 15 is 0 Å². The minimum absolute atomic E-state index is 0.255. The third kappa shape index (κ3) is 5.14. The molecule has 134 valence electrons. The van der Waals surface area contributed by atoms with Crippen LogP contribution in [0.1, 0.15) is 34.3 Å². The molecule has 0 bridgehead atoms. The van der Waals surface area contributed by atoms with E-state index in [9.17, 15) is 14.6 Å². The summed E-state index contributed by atoms with van der Waals surface area (Å²) >= 11 is 0. The van der Waals surface area contributed by atoms with Crippen molar-refractivity contribution in [3.8, 4) is 0 Å². The second-order valence-electron chi connectivity index (χ2n) is 5.80. The zero-order chi connectivity index (χ0) is 18.4. The monoisotopic (exact) mass is 347 g/mol. The van der Waals surface area contributed by atoms with Gasteiger partial charge in [0.15, 0.2) is 0 Å². The number of hydrogen-bond donors (Lipinski definition) is 5. The number of hydrogen-bond acceptors (Lipinski definition) is 6. The van der Waals surface area contributed by atoms with E-state index in [1.807, 2.05) is 0 Å². The second kappa shape index (κ2) is 8.77. The fraction of sp³-hybridized carbons (Fsp3) is 0.375. The number of aliphatic carboxylic acids is 1. The van der Waals surface area contributed by atoms with Crippen LogP contribution in [0.3, 0.4) is 0 Å². The first-order valence-electron chi connectivity index (χ1n) is 7.99. The molecule has 0 spiro atoms. The van der Waals surface area contributed by atoms with Crippen LogP contribution in [0.5, 0.6) is 0 Å². The first kappa shape index (κ1) is 19.1. The highest BCUT2D eigenvalue weighted by Gasteiger charge is 2.32. The number of rotatable bonds is 6. The molecule has 1 aromatic carbocycles. The number of carboxylic acids is 1. The molecular weight excluding hydrogens is 325 g/mol. The van der Waals surface area contributed by atoms with Gasteiger partial charge >= 0.3 is 13.1 Å². The second-order valence-corrected chi connectivity index (χ2v) is 5.80. The maximum absolute atomic E-state index is 12.4. The minimum atomic E-state index is -1.31. The van der Waals surface area contributed by atoms with E-state index in [1.165, 1.54) is 0 Å². The number of benzene rings is 1. The van der Waals surface area contributed by atoms with Gasteiger partial charge in [-0.3, -0.25) is 9.59 Å². The van der Waals surface area contributed by atoms with Crippen LogP contribution in [0.2, 0.25) is 0 Å². The smallest absolute Gasteiger partial charge is 0.478 e. The summed E-state index contributed by atoms with van der Waals surface area (Å²) in [7, 11) is -1.31. The van der Waals surface area contributed by atoms with E-state index in [0.29, 0.717) is 18.5 Å². The van der Waals surface area contributed by atoms with Gasteiger partial charge in [0.25, 0.3) is 5.91 Å². The fourth-order valence-electron chi connectivity index (χ4n) is 2.64. The predicted octanol–water partition coefficient (Wildman–Crippen LogP) is -0.458. The summed E-state index contributed by atoms with van der Waals surface area (Å²) < 4.78 is 5.29. The Labute approximate surface area is 146 Å². The Morgan fingerprint density at radius 1 is 1.28 bits per heavy atom. The van der Waals surface area contributed by atoms with Gasteiger partial charge in [-0.2, -0.15) is 0 Å². The third-order valence-electron chi connectivity index (χ3n) is 4.00. The lowest BCUT2D eigenvalue weighted by molar-refractivity contribution is -0.138. The Morgan fingerprint density at radius 3 is 2.64 bits per heavy atom. The number of nitrogens with two attached hydrogens (primary N) is 2. The van der Waals surface area contributed by atoms with Gasteiger partial charge in [-0.1, -0.05) is 18.2 Å². The van der Waals surface area contributed by atoms with Crippen molar-refractivity contribution < 1.29 is 24.4 Å². The van der Waals surface area contributed by atoms with Crippen LogP contribution < -0.4 is 16.8 Å². The molecule has 9 heteroatoms. The topological polar surface area (TPSA) is 148 Å². The van der Waals surface area contributed by atoms with E-state index < -0.39 is 25.1 Å². The molecule has 1 aliphatic rings. The number of carbonyl (C=O) groups excluding carboxylic acids is 1. The molecule has 1 heterocycles. The Bertz CT molecular complexity index is 667. The van der Waals surface area contributed by atoms with Gasteiger partial charge < -0.3 is 31.6 Å². The molecular formula is C16H22BN3O5. The van der Waals surface area contributed by atoms with Crippen molar-refractivity contribution in [2.75, 3.05) is 0 Å². The van der Waals surface area contributed by atoms with Crippen molar-refractivity contribution in [2.45, 2.75) is 38.0 Å². The molecule has 1 aliphatic heterocycles. The van der Waals surface area contributed by atoms with Gasteiger partial charge in [0.05, 0.1) is 18.5 Å². The molecule has 1 amide bonds. The number of carbonyl (C=O) groups is 2. The fourth-order valence-corrected chi connectivity index (χ4v) is 2.64. The molecule has 2 atom stereocenters. The van der Waals surface area contributed by atoms with Crippen LogP contribution in [-0.4, -0.2) is 41.2 Å². The quantitative estimate of drug-likeness (QED) is 0.345. The van der Waals surface area contributed by atoms with E-state index in [1.54, 1.807) is 30.4 Å². The van der Waals surface area contributed by atoms with Crippen molar-refractivity contribution in [1.82, 2.24) is 5.32 Å². The predicted molar refractivity (Wildman–Crippen MR) is 92.3 cm³/mol. The maximum Gasteiger partial charge on any atom is 0.478 e. The summed E-state index contributed by atoms with van der Waals surface area (Å²) in [6.45, 7) is 0.599. The molecule has 0 unspecified atom stereocenters. The summed E-state index contributed by atoms with van der Waals surface area (Å²) in [5.41, 5.74) is 13.4. The maximum atomic E-state index is 12.4. The van der Waals surface area contributed by atoms with E-state index in [2.05, 4.69) is 5.32 Å². The van der Waals surface area contributed by atoms with Crippen LogP contribution in [0.4, 0.5) is 0 Å². The zero-order valence-corrected chi connectivity index (χ0v) is 13.7. The summed E-state index contributed by atoms with van der Waals surface area (Å²) in [4.78, 5) is 23.2. The van der Waals surface area contributed by atoms with Crippen LogP contribution in [0.25, 0.3) is 0 Å². The number of nitrogens with one attached hydrogen (secondary N) is 1. The summed E-state index contributed by atoms with van der Waals surface area (Å²) in [6.07, 6.45) is 2.61. The molecule has 1 aromatic rings. The number of amides is 1. The molecule has 0 saturated carbocycles. The molecule has 0 saturated heterocycles. The normalized spacial score (nSPS) is 20.2. The zero-order valence-electron chi connectivity index (χ0n) is 13.7. The largest absolute Gasteiger partial charge is 0.481 e. The molecule has 0 radical (unpaired) electrons. The summed E-state index contributed by atoms with van der Waals surface area (Å²) in [5.74, 6) is -2.09. The van der Waals surface area contributed by atoms with Gasteiger partial charge in [-0.25, -0.2) is 0 Å². The highest BCUT2D eigenvalue weighted by molar-refractivity contribution is 6.45. The first-order chi connectivity index (χ1) is 11.9. The van der Waals surface area contributed by atoms with Crippen molar-refractivity contribution in [3.63, 3.8) is 0 Å². The van der Waals surface area contributed by atoms with Crippen molar-refractivity contribution in [3.05, 3.63) is 47.0 Å². The Morgan fingerprint density at radius 2 is 2.00 bits per heavy atom. The van der Waals surface area contributed by atoms with Crippen molar-refractivity contribution >= 4 is 19.0 Å². The van der Waals surface area contributed by atoms with Gasteiger partial charge in [0, 0.05) is 18.7 Å². The average molecular weight is 347 g/mol. The van der Waals surface area contributed by atoms with E-state index in [4.69, 9.17) is 21.2 Å². The van der Waals surface area contributed by atoms with Crippen LogP contribution in [0, 0.1) is 0 Å². The lowest BCUT2D eigenvalue weighted by Gasteiger charge is -2.20. The van der Waals surface area contributed by atoms with Crippen LogP contribution >= 0.6 is 0 Å². The van der Waals surface area contributed by atoms with E-state index in [-0.39, 0.29) is 18.9 Å². The average Bonchev–Trinajstić information content (AvgIpc) is 2.75. The number of carboxylic acid groups (broad SMARTS) is 1. The highest BCUT2D eigenvalue weighted by Crippen LogP contribution is 2.15. The van der Waals surface area contributed by atoms with Gasteiger partial charge in [-0.15, -0.1) is 0 Å². The Kier molecular flexibility index (Phi) is 6.71. The standard InChI is InChI=1S/C16H22BN3O5/c18-8-11-5-4-10(6-12(11)9-19)16(23)20-14-3-1-2-13(7-15(21)22)25-17(14)24/h1-2,4-6,13-14,24H,3,7-9,18-19H2,(H,20,23)(H,21,22)/t13-,14+/m1/s1. The van der Waals surface area contributed by atoms with Crippen molar-refractivity contribution in [1.29, 1.82) is 0 Å². The molecule has 0 fully saturated rings. The Balaban J connectivity index is 2.05.